The van der Waals surface area contributed by atoms with Crippen molar-refractivity contribution in [2.24, 2.45) is 5.73 Å². The highest BCUT2D eigenvalue weighted by Gasteiger charge is 2.04. The second kappa shape index (κ2) is 6.07. The summed E-state index contributed by atoms with van der Waals surface area (Å²) < 4.78 is 12.9. The molecule has 4 nitrogen and oxygen atoms in total. The fourth-order valence-corrected chi connectivity index (χ4v) is 1.37. The molecular formula is C11H16FN3O. The van der Waals surface area contributed by atoms with E-state index in [1.165, 1.54) is 12.1 Å². The van der Waals surface area contributed by atoms with Gasteiger partial charge in [0.25, 0.3) is 0 Å². The second-order valence-electron chi connectivity index (χ2n) is 3.52. The average molecular weight is 225 g/mol. The summed E-state index contributed by atoms with van der Waals surface area (Å²) in [5.41, 5.74) is 5.79. The van der Waals surface area contributed by atoms with E-state index in [1.54, 1.807) is 6.07 Å². The van der Waals surface area contributed by atoms with Crippen molar-refractivity contribution < 1.29 is 9.18 Å². The quantitative estimate of drug-likeness (QED) is 0.658. The maximum Gasteiger partial charge on any atom is 0.312 e. The van der Waals surface area contributed by atoms with Gasteiger partial charge in [-0.2, -0.15) is 0 Å². The molecule has 0 aliphatic rings. The van der Waals surface area contributed by atoms with Gasteiger partial charge in [0.05, 0.1) is 0 Å². The maximum atomic E-state index is 12.9. The van der Waals surface area contributed by atoms with Crippen molar-refractivity contribution >= 4 is 6.03 Å². The number of amides is 2. The van der Waals surface area contributed by atoms with Gasteiger partial charge in [0.15, 0.2) is 0 Å². The smallest absolute Gasteiger partial charge is 0.312 e. The number of hydrogen-bond donors (Lipinski definition) is 3. The van der Waals surface area contributed by atoms with Crippen LogP contribution in [0.3, 0.4) is 0 Å². The Bertz CT molecular complexity index is 357. The van der Waals surface area contributed by atoms with Gasteiger partial charge in [0.1, 0.15) is 5.82 Å². The largest absolute Gasteiger partial charge is 0.352 e. The van der Waals surface area contributed by atoms with Crippen LogP contribution in [0.15, 0.2) is 24.3 Å². The molecule has 0 heterocycles. The van der Waals surface area contributed by atoms with Gasteiger partial charge in [-0.15, -0.1) is 0 Å². The molecule has 1 aromatic rings. The molecule has 0 radical (unpaired) electrons. The Balaban J connectivity index is 2.35. The minimum atomic E-state index is -0.541. The maximum absolute atomic E-state index is 12.9. The van der Waals surface area contributed by atoms with E-state index in [0.717, 1.165) is 5.56 Å². The fourth-order valence-electron chi connectivity index (χ4n) is 1.37. The predicted molar refractivity (Wildman–Crippen MR) is 60.4 cm³/mol. The normalized spacial score (nSPS) is 12.1. The number of nitrogens with one attached hydrogen (secondary N) is 2. The SMILES string of the molecule is CC(NCCNC(N)=O)c1cccc(F)c1. The molecule has 0 fully saturated rings. The third kappa shape index (κ3) is 4.27. The molecule has 1 unspecified atom stereocenters. The molecule has 0 aliphatic heterocycles. The van der Waals surface area contributed by atoms with Crippen LogP contribution in [0.25, 0.3) is 0 Å². The molecule has 1 aromatic carbocycles. The lowest BCUT2D eigenvalue weighted by molar-refractivity contribution is 0.249. The highest BCUT2D eigenvalue weighted by molar-refractivity contribution is 5.71. The molecule has 0 saturated carbocycles. The Morgan fingerprint density at radius 2 is 2.25 bits per heavy atom. The van der Waals surface area contributed by atoms with Crippen LogP contribution in [0.5, 0.6) is 0 Å². The van der Waals surface area contributed by atoms with Crippen LogP contribution in [0.2, 0.25) is 0 Å². The highest BCUT2D eigenvalue weighted by atomic mass is 19.1. The number of hydrogen-bond acceptors (Lipinski definition) is 2. The van der Waals surface area contributed by atoms with E-state index in [2.05, 4.69) is 10.6 Å². The third-order valence-electron chi connectivity index (χ3n) is 2.22. The zero-order valence-electron chi connectivity index (χ0n) is 9.16. The molecule has 16 heavy (non-hydrogen) atoms. The van der Waals surface area contributed by atoms with Crippen molar-refractivity contribution in [3.05, 3.63) is 35.6 Å². The van der Waals surface area contributed by atoms with Crippen LogP contribution < -0.4 is 16.4 Å². The summed E-state index contributed by atoms with van der Waals surface area (Å²) in [4.78, 5) is 10.4. The first-order chi connectivity index (χ1) is 7.59. The van der Waals surface area contributed by atoms with E-state index in [4.69, 9.17) is 5.73 Å². The zero-order chi connectivity index (χ0) is 12.0. The van der Waals surface area contributed by atoms with Crippen molar-refractivity contribution in [1.29, 1.82) is 0 Å². The third-order valence-corrected chi connectivity index (χ3v) is 2.22. The fraction of sp³-hybridized carbons (Fsp3) is 0.364. The number of halogens is 1. The summed E-state index contributed by atoms with van der Waals surface area (Å²) in [5.74, 6) is -0.249. The Labute approximate surface area is 94.0 Å². The first kappa shape index (κ1) is 12.4. The van der Waals surface area contributed by atoms with E-state index >= 15 is 0 Å². The van der Waals surface area contributed by atoms with Gasteiger partial charge in [0.2, 0.25) is 0 Å². The van der Waals surface area contributed by atoms with Crippen molar-refractivity contribution in [3.8, 4) is 0 Å². The second-order valence-corrected chi connectivity index (χ2v) is 3.52. The van der Waals surface area contributed by atoms with Crippen LogP contribution in [0, 0.1) is 5.82 Å². The number of carbonyl (C=O) groups is 1. The molecule has 0 bridgehead atoms. The minimum Gasteiger partial charge on any atom is -0.352 e. The van der Waals surface area contributed by atoms with Crippen LogP contribution >= 0.6 is 0 Å². The Kier molecular flexibility index (Phi) is 4.72. The number of carbonyl (C=O) groups excluding carboxylic acids is 1. The molecule has 1 atom stereocenters. The number of nitrogens with two attached hydrogens (primary N) is 1. The van der Waals surface area contributed by atoms with Gasteiger partial charge in [0, 0.05) is 19.1 Å². The first-order valence-corrected chi connectivity index (χ1v) is 5.11. The summed E-state index contributed by atoms with van der Waals surface area (Å²) in [5, 5.41) is 5.61. The molecule has 88 valence electrons. The van der Waals surface area contributed by atoms with Crippen molar-refractivity contribution in [2.45, 2.75) is 13.0 Å². The monoisotopic (exact) mass is 225 g/mol. The molecule has 1 rings (SSSR count). The lowest BCUT2D eigenvalue weighted by Crippen LogP contribution is -2.36. The van der Waals surface area contributed by atoms with E-state index in [0.29, 0.717) is 13.1 Å². The summed E-state index contributed by atoms with van der Waals surface area (Å²) >= 11 is 0. The molecule has 0 saturated heterocycles. The Morgan fingerprint density at radius 3 is 2.88 bits per heavy atom. The van der Waals surface area contributed by atoms with Crippen molar-refractivity contribution in [1.82, 2.24) is 10.6 Å². The van der Waals surface area contributed by atoms with Gasteiger partial charge in [-0.3, -0.25) is 0 Å². The van der Waals surface area contributed by atoms with Crippen LogP contribution in [-0.2, 0) is 0 Å². The Hall–Kier alpha value is -1.62. The molecule has 0 spiro atoms. The summed E-state index contributed by atoms with van der Waals surface area (Å²) in [6, 6.07) is 5.90. The van der Waals surface area contributed by atoms with Crippen molar-refractivity contribution in [2.75, 3.05) is 13.1 Å². The van der Waals surface area contributed by atoms with E-state index in [1.807, 2.05) is 13.0 Å². The van der Waals surface area contributed by atoms with Gasteiger partial charge >= 0.3 is 6.03 Å². The van der Waals surface area contributed by atoms with Crippen LogP contribution in [-0.4, -0.2) is 19.1 Å². The number of benzene rings is 1. The van der Waals surface area contributed by atoms with Gasteiger partial charge in [-0.25, -0.2) is 9.18 Å². The van der Waals surface area contributed by atoms with Crippen LogP contribution in [0.1, 0.15) is 18.5 Å². The van der Waals surface area contributed by atoms with Crippen LogP contribution in [0.4, 0.5) is 9.18 Å². The standard InChI is InChI=1S/C11H16FN3O/c1-8(14-5-6-15-11(13)16)9-3-2-4-10(12)7-9/h2-4,7-8,14H,5-6H2,1H3,(H3,13,15,16). The highest BCUT2D eigenvalue weighted by Crippen LogP contribution is 2.12. The lowest BCUT2D eigenvalue weighted by atomic mass is 10.1. The van der Waals surface area contributed by atoms with Gasteiger partial charge in [-0.05, 0) is 24.6 Å². The summed E-state index contributed by atoms with van der Waals surface area (Å²) in [6.07, 6.45) is 0. The molecule has 5 heteroatoms. The molecule has 0 aliphatic carbocycles. The topological polar surface area (TPSA) is 67.2 Å². The number of urea groups is 1. The molecule has 4 N–H and O–H groups in total. The number of primary amides is 1. The first-order valence-electron chi connectivity index (χ1n) is 5.11. The van der Waals surface area contributed by atoms with E-state index < -0.39 is 6.03 Å². The molecular weight excluding hydrogens is 209 g/mol. The molecule has 2 amide bonds. The van der Waals surface area contributed by atoms with Gasteiger partial charge in [-0.1, -0.05) is 12.1 Å². The lowest BCUT2D eigenvalue weighted by Gasteiger charge is -2.14. The predicted octanol–water partition coefficient (Wildman–Crippen LogP) is 1.14. The van der Waals surface area contributed by atoms with Gasteiger partial charge < -0.3 is 16.4 Å². The molecule has 0 aromatic heterocycles. The zero-order valence-corrected chi connectivity index (χ0v) is 9.16. The Morgan fingerprint density at radius 1 is 1.50 bits per heavy atom. The minimum absolute atomic E-state index is 0.0328. The average Bonchev–Trinajstić information content (AvgIpc) is 2.24. The number of rotatable bonds is 5. The van der Waals surface area contributed by atoms with E-state index in [-0.39, 0.29) is 11.9 Å². The summed E-state index contributed by atoms with van der Waals surface area (Å²) in [7, 11) is 0. The summed E-state index contributed by atoms with van der Waals surface area (Å²) in [6.45, 7) is 2.97. The van der Waals surface area contributed by atoms with Crippen molar-refractivity contribution in [3.63, 3.8) is 0 Å². The van der Waals surface area contributed by atoms with E-state index in [9.17, 15) is 9.18 Å².